The summed E-state index contributed by atoms with van der Waals surface area (Å²) in [6.07, 6.45) is 11.2. The highest BCUT2D eigenvalue weighted by molar-refractivity contribution is 5.87. The number of H-pyrrole nitrogens is 1. The molecular weight excluding hydrogens is 534 g/mol. The van der Waals surface area contributed by atoms with Crippen LogP contribution in [0.4, 0.5) is 0 Å². The van der Waals surface area contributed by atoms with E-state index in [0.717, 1.165) is 67.2 Å². The van der Waals surface area contributed by atoms with Crippen molar-refractivity contribution in [3.8, 4) is 11.5 Å². The van der Waals surface area contributed by atoms with Gasteiger partial charge in [-0.05, 0) is 122 Å². The van der Waals surface area contributed by atoms with Crippen LogP contribution in [0.2, 0.25) is 0 Å². The highest BCUT2D eigenvalue weighted by Crippen LogP contribution is 2.75. The number of aromatic nitrogens is 1. The fourth-order valence-electron chi connectivity index (χ4n) is 10.8. The van der Waals surface area contributed by atoms with Gasteiger partial charge in [0.2, 0.25) is 0 Å². The lowest BCUT2D eigenvalue weighted by atomic mass is 9.34. The number of aliphatic carboxylic acids is 1. The monoisotopic (exact) mass is 581 g/mol. The summed E-state index contributed by atoms with van der Waals surface area (Å²) < 4.78 is 0. The summed E-state index contributed by atoms with van der Waals surface area (Å²) >= 11 is 0. The lowest BCUT2D eigenvalue weighted by Gasteiger charge is -2.70. The number of aryl methyl sites for hydroxylation is 1. The van der Waals surface area contributed by atoms with Gasteiger partial charge in [0.25, 0.3) is 0 Å². The molecule has 0 spiro atoms. The zero-order chi connectivity index (χ0) is 30.9. The van der Waals surface area contributed by atoms with Crippen LogP contribution in [0.15, 0.2) is 42.1 Å². The zero-order valence-corrected chi connectivity index (χ0v) is 26.8. The number of phenolic OH excluding ortho intramolecular Hbond substituents is 2. The Kier molecular flexibility index (Phi) is 5.78. The third-order valence-corrected chi connectivity index (χ3v) is 13.9. The number of aromatic hydroxyl groups is 2. The van der Waals surface area contributed by atoms with E-state index in [2.05, 4.69) is 70.1 Å². The first-order valence-electron chi connectivity index (χ1n) is 16.2. The Bertz CT molecular complexity index is 1730. The summed E-state index contributed by atoms with van der Waals surface area (Å²) in [6.45, 7) is 15.8. The number of carboxylic acids is 1. The number of hydrogen-bond donors (Lipinski definition) is 4. The predicted octanol–water partition coefficient (Wildman–Crippen LogP) is 9.02. The van der Waals surface area contributed by atoms with Crippen LogP contribution in [-0.4, -0.2) is 26.3 Å². The first-order chi connectivity index (χ1) is 20.1. The summed E-state index contributed by atoms with van der Waals surface area (Å²) in [6, 6.07) is 8.27. The fourth-order valence-corrected chi connectivity index (χ4v) is 10.8. The summed E-state index contributed by atoms with van der Waals surface area (Å²) in [7, 11) is 0. The standard InChI is InChI=1S/C38H47NO4/c1-21-9-8-10-23-25(20-39-31(21)23)24-17-28-36(5,26-18-27(40)32(41)22(2)30(24)26)14-16-38(7)29-19-35(4,33(42)43)12-11-34(29,3)13-15-37(28,38)6/h8-10,17-18,20,24,29,39-41H,11-16,19H2,1-7H3,(H,42,43)/t24-,29+,34+,35+,36-,37+,38-/m0/s1. The molecule has 2 aromatic carbocycles. The molecule has 1 aromatic heterocycles. The molecular formula is C38H47NO4. The third kappa shape index (κ3) is 3.48. The van der Waals surface area contributed by atoms with Crippen LogP contribution in [0.3, 0.4) is 0 Å². The highest BCUT2D eigenvalue weighted by Gasteiger charge is 2.67. The second-order valence-corrected chi connectivity index (χ2v) is 16.0. The molecule has 5 heteroatoms. The molecule has 3 aromatic rings. The predicted molar refractivity (Wildman–Crippen MR) is 171 cm³/mol. The topological polar surface area (TPSA) is 93.5 Å². The Labute approximate surface area is 255 Å². The van der Waals surface area contributed by atoms with Crippen molar-refractivity contribution in [2.45, 2.75) is 105 Å². The molecule has 0 amide bonds. The van der Waals surface area contributed by atoms with Crippen LogP contribution in [0.5, 0.6) is 11.5 Å². The van der Waals surface area contributed by atoms with E-state index >= 15 is 0 Å². The second-order valence-electron chi connectivity index (χ2n) is 16.0. The number of allylic oxidation sites excluding steroid dienone is 2. The van der Waals surface area contributed by atoms with Crippen molar-refractivity contribution in [2.75, 3.05) is 0 Å². The van der Waals surface area contributed by atoms with E-state index in [9.17, 15) is 20.1 Å². The maximum absolute atomic E-state index is 12.6. The van der Waals surface area contributed by atoms with Gasteiger partial charge >= 0.3 is 5.97 Å². The van der Waals surface area contributed by atoms with Crippen LogP contribution >= 0.6 is 0 Å². The van der Waals surface area contributed by atoms with E-state index in [1.165, 1.54) is 22.1 Å². The normalized spacial score (nSPS) is 38.4. The first-order valence-corrected chi connectivity index (χ1v) is 16.2. The molecule has 43 heavy (non-hydrogen) atoms. The van der Waals surface area contributed by atoms with Crippen molar-refractivity contribution in [3.05, 3.63) is 69.9 Å². The number of nitrogens with one attached hydrogen (secondary N) is 1. The largest absolute Gasteiger partial charge is 0.504 e. The Morgan fingerprint density at radius 3 is 2.40 bits per heavy atom. The lowest BCUT2D eigenvalue weighted by molar-refractivity contribution is -0.177. The lowest BCUT2D eigenvalue weighted by Crippen LogP contribution is -2.62. The van der Waals surface area contributed by atoms with Crippen molar-refractivity contribution >= 4 is 16.9 Å². The van der Waals surface area contributed by atoms with E-state index in [-0.39, 0.29) is 39.1 Å². The van der Waals surface area contributed by atoms with Crippen LogP contribution in [0.1, 0.15) is 113 Å². The van der Waals surface area contributed by atoms with E-state index in [0.29, 0.717) is 5.92 Å². The molecule has 0 saturated heterocycles. The number of fused-ring (bicyclic) bond motifs is 8. The van der Waals surface area contributed by atoms with Gasteiger partial charge in [0.05, 0.1) is 5.41 Å². The van der Waals surface area contributed by atoms with Crippen LogP contribution in [0.25, 0.3) is 10.9 Å². The zero-order valence-electron chi connectivity index (χ0n) is 26.8. The Morgan fingerprint density at radius 1 is 0.953 bits per heavy atom. The Hall–Kier alpha value is -3.21. The molecule has 4 N–H and O–H groups in total. The number of phenols is 2. The molecule has 7 atom stereocenters. The van der Waals surface area contributed by atoms with E-state index in [4.69, 9.17) is 0 Å². The summed E-state index contributed by atoms with van der Waals surface area (Å²) in [5.41, 5.74) is 6.89. The van der Waals surface area contributed by atoms with Gasteiger partial charge in [-0.15, -0.1) is 0 Å². The third-order valence-electron chi connectivity index (χ3n) is 13.9. The molecule has 7 rings (SSSR count). The molecule has 4 aliphatic rings. The van der Waals surface area contributed by atoms with E-state index < -0.39 is 11.4 Å². The van der Waals surface area contributed by atoms with Gasteiger partial charge in [-0.25, -0.2) is 0 Å². The van der Waals surface area contributed by atoms with Gasteiger partial charge in [0.1, 0.15) is 0 Å². The van der Waals surface area contributed by atoms with Crippen LogP contribution < -0.4 is 0 Å². The van der Waals surface area contributed by atoms with Crippen LogP contribution in [0, 0.1) is 41.4 Å². The van der Waals surface area contributed by atoms with Gasteiger partial charge in [0.15, 0.2) is 11.5 Å². The molecule has 3 saturated carbocycles. The maximum atomic E-state index is 12.6. The van der Waals surface area contributed by atoms with Crippen LogP contribution in [-0.2, 0) is 10.2 Å². The first kappa shape index (κ1) is 28.6. The van der Waals surface area contributed by atoms with Gasteiger partial charge in [-0.2, -0.15) is 0 Å². The molecule has 0 radical (unpaired) electrons. The van der Waals surface area contributed by atoms with E-state index in [1.807, 2.05) is 19.9 Å². The minimum atomic E-state index is -0.690. The van der Waals surface area contributed by atoms with Gasteiger partial charge in [0, 0.05) is 28.4 Å². The van der Waals surface area contributed by atoms with Gasteiger partial charge < -0.3 is 20.3 Å². The van der Waals surface area contributed by atoms with Crippen molar-refractivity contribution in [3.63, 3.8) is 0 Å². The van der Waals surface area contributed by atoms with Crippen molar-refractivity contribution in [2.24, 2.45) is 27.6 Å². The van der Waals surface area contributed by atoms with Crippen molar-refractivity contribution in [1.82, 2.24) is 4.98 Å². The second kappa shape index (κ2) is 8.70. The molecule has 5 nitrogen and oxygen atoms in total. The van der Waals surface area contributed by atoms with E-state index in [1.54, 1.807) is 0 Å². The molecule has 1 heterocycles. The maximum Gasteiger partial charge on any atom is 0.309 e. The average Bonchev–Trinajstić information content (AvgIpc) is 3.40. The average molecular weight is 582 g/mol. The summed E-state index contributed by atoms with van der Waals surface area (Å²) in [4.78, 5) is 16.1. The number of benzene rings is 2. The van der Waals surface area contributed by atoms with Gasteiger partial charge in [-0.3, -0.25) is 4.79 Å². The number of carbonyl (C=O) groups is 1. The number of rotatable bonds is 2. The molecule has 0 unspecified atom stereocenters. The smallest absolute Gasteiger partial charge is 0.309 e. The fraction of sp³-hybridized carbons (Fsp3) is 0.553. The minimum absolute atomic E-state index is 0.0318. The SMILES string of the molecule is Cc1c(O)c(O)cc2c1[C@H](c1c[nH]c3c(C)cccc13)C=C1[C@@]2(C)CC[C@@]2(C)[C@@H]3C[C@](C)(C(=O)O)CC[C@]3(C)CC[C@]12C. The summed E-state index contributed by atoms with van der Waals surface area (Å²) in [5.74, 6) is -0.507. The number of para-hydroxylation sites is 1. The molecule has 0 bridgehead atoms. The Balaban J connectivity index is 1.47. The highest BCUT2D eigenvalue weighted by atomic mass is 16.4. The minimum Gasteiger partial charge on any atom is -0.504 e. The van der Waals surface area contributed by atoms with Gasteiger partial charge in [-0.1, -0.05) is 57.5 Å². The number of aromatic amines is 1. The summed E-state index contributed by atoms with van der Waals surface area (Å²) in [5, 5.41) is 33.5. The number of carboxylic acid groups (broad SMARTS) is 1. The molecule has 0 aliphatic heterocycles. The Morgan fingerprint density at radius 2 is 1.67 bits per heavy atom. The molecule has 3 fully saturated rings. The number of hydrogen-bond acceptors (Lipinski definition) is 3. The quantitative estimate of drug-likeness (QED) is 0.179. The molecule has 4 aliphatic carbocycles. The van der Waals surface area contributed by atoms with Crippen molar-refractivity contribution in [1.29, 1.82) is 0 Å². The van der Waals surface area contributed by atoms with Crippen molar-refractivity contribution < 1.29 is 20.1 Å². The molecule has 228 valence electrons.